The Bertz CT molecular complexity index is 833. The lowest BCUT2D eigenvalue weighted by Gasteiger charge is -2.07. The van der Waals surface area contributed by atoms with Crippen LogP contribution in [0.25, 0.3) is 11.3 Å². The Morgan fingerprint density at radius 3 is 2.78 bits per heavy atom. The van der Waals surface area contributed by atoms with Gasteiger partial charge in [-0.2, -0.15) is 5.10 Å². The zero-order valence-electron chi connectivity index (χ0n) is 12.0. The van der Waals surface area contributed by atoms with Gasteiger partial charge in [0, 0.05) is 22.1 Å². The van der Waals surface area contributed by atoms with Crippen molar-refractivity contribution in [3.63, 3.8) is 0 Å². The van der Waals surface area contributed by atoms with Crippen molar-refractivity contribution >= 4 is 21.8 Å². The Morgan fingerprint density at radius 1 is 1.22 bits per heavy atom. The Morgan fingerprint density at radius 2 is 2.00 bits per heavy atom. The number of hydrogen-bond acceptors (Lipinski definition) is 2. The number of aromatic nitrogens is 2. The first kappa shape index (κ1) is 15.4. The maximum Gasteiger partial charge on any atom is 0.255 e. The summed E-state index contributed by atoms with van der Waals surface area (Å²) in [6.07, 6.45) is 1.47. The number of rotatable bonds is 4. The number of H-pyrrole nitrogens is 1. The van der Waals surface area contributed by atoms with Crippen LogP contribution in [0.1, 0.15) is 15.9 Å². The van der Waals surface area contributed by atoms with E-state index in [2.05, 4.69) is 31.4 Å². The average molecular weight is 374 g/mol. The molecule has 0 aliphatic heterocycles. The van der Waals surface area contributed by atoms with Gasteiger partial charge in [-0.15, -0.1) is 0 Å². The minimum atomic E-state index is -0.357. The SMILES string of the molecule is O=C(NCc1cc(Br)ccc1F)c1cn[nH]c1-c1ccccc1. The van der Waals surface area contributed by atoms with E-state index in [1.54, 1.807) is 12.1 Å². The summed E-state index contributed by atoms with van der Waals surface area (Å²) in [5.74, 6) is -0.666. The van der Waals surface area contributed by atoms with Crippen molar-refractivity contribution in [3.8, 4) is 11.3 Å². The second-order valence-corrected chi connectivity index (χ2v) is 5.86. The highest BCUT2D eigenvalue weighted by Crippen LogP contribution is 2.21. The lowest BCUT2D eigenvalue weighted by Crippen LogP contribution is -2.23. The van der Waals surface area contributed by atoms with Crippen molar-refractivity contribution in [2.24, 2.45) is 0 Å². The number of nitrogens with one attached hydrogen (secondary N) is 2. The zero-order chi connectivity index (χ0) is 16.2. The molecule has 1 amide bonds. The highest BCUT2D eigenvalue weighted by atomic mass is 79.9. The second kappa shape index (κ2) is 6.75. The topological polar surface area (TPSA) is 57.8 Å². The van der Waals surface area contributed by atoms with Gasteiger partial charge in [-0.25, -0.2) is 4.39 Å². The van der Waals surface area contributed by atoms with Gasteiger partial charge >= 0.3 is 0 Å². The van der Waals surface area contributed by atoms with Gasteiger partial charge in [-0.05, 0) is 18.2 Å². The van der Waals surface area contributed by atoms with Gasteiger partial charge in [0.05, 0.1) is 17.5 Å². The molecule has 0 saturated heterocycles. The normalized spacial score (nSPS) is 10.5. The highest BCUT2D eigenvalue weighted by molar-refractivity contribution is 9.10. The van der Waals surface area contributed by atoms with Crippen LogP contribution in [-0.4, -0.2) is 16.1 Å². The maximum absolute atomic E-state index is 13.7. The molecule has 4 nitrogen and oxygen atoms in total. The van der Waals surface area contributed by atoms with E-state index in [1.165, 1.54) is 12.3 Å². The molecule has 2 N–H and O–H groups in total. The fraction of sp³-hybridized carbons (Fsp3) is 0.0588. The zero-order valence-corrected chi connectivity index (χ0v) is 13.6. The van der Waals surface area contributed by atoms with Crippen LogP contribution >= 0.6 is 15.9 Å². The molecule has 0 aliphatic rings. The molecule has 3 aromatic rings. The fourth-order valence-electron chi connectivity index (χ4n) is 2.23. The van der Waals surface area contributed by atoms with Crippen LogP contribution in [0, 0.1) is 5.82 Å². The molecule has 1 heterocycles. The van der Waals surface area contributed by atoms with Gasteiger partial charge in [0.2, 0.25) is 0 Å². The summed E-state index contributed by atoms with van der Waals surface area (Å²) in [5.41, 5.74) is 2.34. The number of hydrogen-bond donors (Lipinski definition) is 2. The molecule has 1 aromatic heterocycles. The number of nitrogens with zero attached hydrogens (tertiary/aromatic N) is 1. The summed E-state index contributed by atoms with van der Waals surface area (Å²) in [5, 5.41) is 9.49. The third kappa shape index (κ3) is 3.48. The van der Waals surface area contributed by atoms with Crippen LogP contribution in [0.5, 0.6) is 0 Å². The van der Waals surface area contributed by atoms with Crippen LogP contribution in [0.15, 0.2) is 59.2 Å². The van der Waals surface area contributed by atoms with Gasteiger partial charge in [-0.3, -0.25) is 9.89 Å². The van der Waals surface area contributed by atoms with Crippen LogP contribution in [0.3, 0.4) is 0 Å². The minimum Gasteiger partial charge on any atom is -0.348 e. The first-order chi connectivity index (χ1) is 11.1. The molecular formula is C17H13BrFN3O. The average Bonchev–Trinajstić information content (AvgIpc) is 3.06. The van der Waals surface area contributed by atoms with E-state index in [-0.39, 0.29) is 18.3 Å². The summed E-state index contributed by atoms with van der Waals surface area (Å²) in [4.78, 5) is 12.4. The monoisotopic (exact) mass is 373 g/mol. The summed E-state index contributed by atoms with van der Waals surface area (Å²) in [6.45, 7) is 0.101. The van der Waals surface area contributed by atoms with Gasteiger partial charge in [0.25, 0.3) is 5.91 Å². The predicted molar refractivity (Wildman–Crippen MR) is 89.3 cm³/mol. The van der Waals surface area contributed by atoms with Crippen LogP contribution in [0.4, 0.5) is 4.39 Å². The molecule has 0 fully saturated rings. The van der Waals surface area contributed by atoms with E-state index < -0.39 is 0 Å². The summed E-state index contributed by atoms with van der Waals surface area (Å²) >= 11 is 3.29. The van der Waals surface area contributed by atoms with Crippen molar-refractivity contribution in [2.75, 3.05) is 0 Å². The molecule has 0 aliphatic carbocycles. The molecule has 0 saturated carbocycles. The number of carbonyl (C=O) groups excluding carboxylic acids is 1. The summed E-state index contributed by atoms with van der Waals surface area (Å²) in [6, 6.07) is 14.1. The number of carbonyl (C=O) groups is 1. The second-order valence-electron chi connectivity index (χ2n) is 4.94. The molecule has 6 heteroatoms. The van der Waals surface area contributed by atoms with Crippen LogP contribution in [0.2, 0.25) is 0 Å². The Kier molecular flexibility index (Phi) is 4.52. The standard InChI is InChI=1S/C17H13BrFN3O/c18-13-6-7-15(19)12(8-13)9-20-17(23)14-10-21-22-16(14)11-4-2-1-3-5-11/h1-8,10H,9H2,(H,20,23)(H,21,22). The lowest BCUT2D eigenvalue weighted by atomic mass is 10.1. The number of benzene rings is 2. The molecular weight excluding hydrogens is 361 g/mol. The Hall–Kier alpha value is -2.47. The molecule has 0 radical (unpaired) electrons. The lowest BCUT2D eigenvalue weighted by molar-refractivity contribution is 0.0951. The number of amides is 1. The smallest absolute Gasteiger partial charge is 0.255 e. The van der Waals surface area contributed by atoms with E-state index in [0.717, 1.165) is 10.0 Å². The van der Waals surface area contributed by atoms with Crippen molar-refractivity contribution in [1.82, 2.24) is 15.5 Å². The Balaban J connectivity index is 1.77. The summed E-state index contributed by atoms with van der Waals surface area (Å²) in [7, 11) is 0. The van der Waals surface area contributed by atoms with E-state index >= 15 is 0 Å². The molecule has 0 spiro atoms. The highest BCUT2D eigenvalue weighted by Gasteiger charge is 2.15. The summed E-state index contributed by atoms with van der Waals surface area (Å²) < 4.78 is 14.5. The Labute approximate surface area is 140 Å². The van der Waals surface area contributed by atoms with E-state index in [0.29, 0.717) is 16.8 Å². The molecule has 0 bridgehead atoms. The van der Waals surface area contributed by atoms with Gasteiger partial charge < -0.3 is 5.32 Å². The maximum atomic E-state index is 13.7. The van der Waals surface area contributed by atoms with Crippen molar-refractivity contribution in [3.05, 3.63) is 76.1 Å². The molecule has 116 valence electrons. The molecule has 3 rings (SSSR count). The molecule has 23 heavy (non-hydrogen) atoms. The van der Waals surface area contributed by atoms with E-state index in [1.807, 2.05) is 30.3 Å². The molecule has 2 aromatic carbocycles. The first-order valence-corrected chi connectivity index (χ1v) is 7.75. The molecule has 0 atom stereocenters. The van der Waals surface area contributed by atoms with Crippen molar-refractivity contribution in [2.45, 2.75) is 6.54 Å². The molecule has 0 unspecified atom stereocenters. The third-order valence-electron chi connectivity index (χ3n) is 3.39. The van der Waals surface area contributed by atoms with Crippen molar-refractivity contribution in [1.29, 1.82) is 0 Å². The minimum absolute atomic E-state index is 0.101. The van der Waals surface area contributed by atoms with Gasteiger partial charge in [0.15, 0.2) is 0 Å². The van der Waals surface area contributed by atoms with E-state index in [9.17, 15) is 9.18 Å². The van der Waals surface area contributed by atoms with Crippen molar-refractivity contribution < 1.29 is 9.18 Å². The van der Waals surface area contributed by atoms with Crippen LogP contribution in [-0.2, 0) is 6.54 Å². The number of halogens is 2. The number of aromatic amines is 1. The van der Waals surface area contributed by atoms with Gasteiger partial charge in [-0.1, -0.05) is 46.3 Å². The van der Waals surface area contributed by atoms with E-state index in [4.69, 9.17) is 0 Å². The first-order valence-electron chi connectivity index (χ1n) is 6.96. The largest absolute Gasteiger partial charge is 0.348 e. The predicted octanol–water partition coefficient (Wildman–Crippen LogP) is 3.91. The fourth-order valence-corrected chi connectivity index (χ4v) is 2.64. The van der Waals surface area contributed by atoms with Gasteiger partial charge in [0.1, 0.15) is 5.82 Å². The van der Waals surface area contributed by atoms with Crippen LogP contribution < -0.4 is 5.32 Å². The third-order valence-corrected chi connectivity index (χ3v) is 3.89. The quantitative estimate of drug-likeness (QED) is 0.728.